The van der Waals surface area contributed by atoms with Crippen molar-refractivity contribution in [2.45, 2.75) is 19.8 Å². The van der Waals surface area contributed by atoms with E-state index in [0.29, 0.717) is 23.9 Å². The second-order valence-corrected chi connectivity index (χ2v) is 4.17. The summed E-state index contributed by atoms with van der Waals surface area (Å²) >= 11 is 0. The van der Waals surface area contributed by atoms with Crippen molar-refractivity contribution in [3.63, 3.8) is 0 Å². The number of aryl methyl sites for hydroxylation is 1. The Balaban J connectivity index is 2.13. The molecule has 5 heteroatoms. The number of pyridine rings is 1. The summed E-state index contributed by atoms with van der Waals surface area (Å²) in [6.07, 6.45) is 1.93. The number of anilines is 1. The number of hydrogen-bond acceptors (Lipinski definition) is 4. The van der Waals surface area contributed by atoms with E-state index in [1.54, 1.807) is 6.07 Å². The Morgan fingerprint density at radius 1 is 1.38 bits per heavy atom. The minimum Gasteiger partial charge on any atom is -0.384 e. The van der Waals surface area contributed by atoms with Crippen molar-refractivity contribution in [1.29, 1.82) is 0 Å². The first kappa shape index (κ1) is 10.9. The maximum Gasteiger partial charge on any atom is 0.179 e. The third-order valence-corrected chi connectivity index (χ3v) is 2.69. The first-order valence-electron chi connectivity index (χ1n) is 5.50. The van der Waals surface area contributed by atoms with Crippen LogP contribution in [0.2, 0.25) is 0 Å². The Kier molecular flexibility index (Phi) is 3.05. The summed E-state index contributed by atoms with van der Waals surface area (Å²) < 4.78 is 0. The zero-order chi connectivity index (χ0) is 11.5. The smallest absolute Gasteiger partial charge is 0.179 e. The van der Waals surface area contributed by atoms with E-state index in [9.17, 15) is 0 Å². The monoisotopic (exact) mass is 219 g/mol. The van der Waals surface area contributed by atoms with Gasteiger partial charge in [-0.3, -0.25) is 0 Å². The molecule has 0 fully saturated rings. The lowest BCUT2D eigenvalue weighted by atomic mass is 10.1. The SMILES string of the molecule is CC(CN)CCc1nc2nc(N)ccc2[nH]1. The molecule has 86 valence electrons. The number of nitrogens with two attached hydrogens (primary N) is 2. The predicted octanol–water partition coefficient (Wildman–Crippen LogP) is 1.07. The molecular weight excluding hydrogens is 202 g/mol. The highest BCUT2D eigenvalue weighted by molar-refractivity contribution is 5.72. The van der Waals surface area contributed by atoms with Crippen LogP contribution in [0.1, 0.15) is 19.2 Å². The molecule has 1 atom stereocenters. The van der Waals surface area contributed by atoms with Gasteiger partial charge in [0.2, 0.25) is 0 Å². The van der Waals surface area contributed by atoms with E-state index in [0.717, 1.165) is 24.2 Å². The van der Waals surface area contributed by atoms with Gasteiger partial charge in [0.1, 0.15) is 11.6 Å². The first-order valence-corrected chi connectivity index (χ1v) is 5.50. The summed E-state index contributed by atoms with van der Waals surface area (Å²) in [5, 5.41) is 0. The minimum absolute atomic E-state index is 0.501. The maximum absolute atomic E-state index is 5.60. The van der Waals surface area contributed by atoms with Crippen LogP contribution >= 0.6 is 0 Å². The van der Waals surface area contributed by atoms with E-state index in [4.69, 9.17) is 11.5 Å². The molecular formula is C11H17N5. The Labute approximate surface area is 94.3 Å². The third kappa shape index (κ3) is 2.30. The van der Waals surface area contributed by atoms with Crippen molar-refractivity contribution in [1.82, 2.24) is 15.0 Å². The van der Waals surface area contributed by atoms with Gasteiger partial charge in [-0.25, -0.2) is 9.97 Å². The molecule has 0 amide bonds. The maximum atomic E-state index is 5.60. The van der Waals surface area contributed by atoms with Crippen LogP contribution in [0.4, 0.5) is 5.82 Å². The number of aromatic amines is 1. The molecule has 16 heavy (non-hydrogen) atoms. The largest absolute Gasteiger partial charge is 0.384 e. The zero-order valence-corrected chi connectivity index (χ0v) is 9.40. The Morgan fingerprint density at radius 2 is 2.19 bits per heavy atom. The van der Waals surface area contributed by atoms with Gasteiger partial charge in [0.15, 0.2) is 5.65 Å². The van der Waals surface area contributed by atoms with Gasteiger partial charge < -0.3 is 16.5 Å². The number of aromatic nitrogens is 3. The van der Waals surface area contributed by atoms with Crippen LogP contribution in [0.15, 0.2) is 12.1 Å². The molecule has 0 saturated heterocycles. The van der Waals surface area contributed by atoms with E-state index in [1.165, 1.54) is 0 Å². The molecule has 1 unspecified atom stereocenters. The molecule has 0 radical (unpaired) electrons. The lowest BCUT2D eigenvalue weighted by Gasteiger charge is -2.04. The van der Waals surface area contributed by atoms with Gasteiger partial charge in [0, 0.05) is 6.42 Å². The van der Waals surface area contributed by atoms with Gasteiger partial charge in [-0.1, -0.05) is 6.92 Å². The number of H-pyrrole nitrogens is 1. The van der Waals surface area contributed by atoms with E-state index >= 15 is 0 Å². The number of nitrogens with one attached hydrogen (secondary N) is 1. The Morgan fingerprint density at radius 3 is 2.94 bits per heavy atom. The van der Waals surface area contributed by atoms with Crippen molar-refractivity contribution in [3.05, 3.63) is 18.0 Å². The lowest BCUT2D eigenvalue weighted by Crippen LogP contribution is -2.11. The van der Waals surface area contributed by atoms with Gasteiger partial charge in [-0.05, 0) is 31.0 Å². The molecule has 0 aliphatic rings. The van der Waals surface area contributed by atoms with Crippen molar-refractivity contribution in [2.75, 3.05) is 12.3 Å². The number of hydrogen-bond donors (Lipinski definition) is 3. The van der Waals surface area contributed by atoms with Gasteiger partial charge in [0.05, 0.1) is 5.52 Å². The van der Waals surface area contributed by atoms with Gasteiger partial charge >= 0.3 is 0 Å². The zero-order valence-electron chi connectivity index (χ0n) is 9.40. The van der Waals surface area contributed by atoms with Crippen molar-refractivity contribution in [2.24, 2.45) is 11.7 Å². The van der Waals surface area contributed by atoms with Crippen molar-refractivity contribution < 1.29 is 0 Å². The average molecular weight is 219 g/mol. The van der Waals surface area contributed by atoms with E-state index in [-0.39, 0.29) is 0 Å². The molecule has 0 spiro atoms. The molecule has 0 aromatic carbocycles. The number of fused-ring (bicyclic) bond motifs is 1. The van der Waals surface area contributed by atoms with Crippen LogP contribution in [0.5, 0.6) is 0 Å². The van der Waals surface area contributed by atoms with E-state index < -0.39 is 0 Å². The van der Waals surface area contributed by atoms with Crippen LogP contribution in [0.25, 0.3) is 11.2 Å². The van der Waals surface area contributed by atoms with Gasteiger partial charge in [-0.2, -0.15) is 0 Å². The highest BCUT2D eigenvalue weighted by Gasteiger charge is 2.06. The molecule has 5 N–H and O–H groups in total. The number of nitrogens with zero attached hydrogens (tertiary/aromatic N) is 2. The normalized spacial score (nSPS) is 13.1. The number of rotatable bonds is 4. The molecule has 2 heterocycles. The highest BCUT2D eigenvalue weighted by Crippen LogP contribution is 2.13. The molecule has 2 rings (SSSR count). The Bertz CT molecular complexity index is 476. The summed E-state index contributed by atoms with van der Waals surface area (Å²) in [5.41, 5.74) is 12.8. The third-order valence-electron chi connectivity index (χ3n) is 2.69. The van der Waals surface area contributed by atoms with Crippen LogP contribution in [0, 0.1) is 5.92 Å². The molecule has 0 saturated carbocycles. The fraction of sp³-hybridized carbons (Fsp3) is 0.455. The van der Waals surface area contributed by atoms with Crippen LogP contribution in [-0.4, -0.2) is 21.5 Å². The fourth-order valence-electron chi connectivity index (χ4n) is 1.58. The van der Waals surface area contributed by atoms with Crippen molar-refractivity contribution in [3.8, 4) is 0 Å². The second kappa shape index (κ2) is 4.49. The first-order chi connectivity index (χ1) is 7.69. The summed E-state index contributed by atoms with van der Waals surface area (Å²) in [6, 6.07) is 3.67. The quantitative estimate of drug-likeness (QED) is 0.717. The second-order valence-electron chi connectivity index (χ2n) is 4.17. The average Bonchev–Trinajstić information content (AvgIpc) is 2.67. The van der Waals surface area contributed by atoms with E-state index in [2.05, 4.69) is 21.9 Å². The number of imidazole rings is 1. The van der Waals surface area contributed by atoms with Crippen LogP contribution < -0.4 is 11.5 Å². The topological polar surface area (TPSA) is 93.6 Å². The molecule has 2 aromatic rings. The fourth-order valence-corrected chi connectivity index (χ4v) is 1.58. The summed E-state index contributed by atoms with van der Waals surface area (Å²) in [5.74, 6) is 1.97. The Hall–Kier alpha value is -1.62. The predicted molar refractivity (Wildman–Crippen MR) is 64.8 cm³/mol. The lowest BCUT2D eigenvalue weighted by molar-refractivity contribution is 0.538. The highest BCUT2D eigenvalue weighted by atomic mass is 15.0. The molecule has 2 aromatic heterocycles. The summed E-state index contributed by atoms with van der Waals surface area (Å²) in [4.78, 5) is 11.8. The number of nitrogen functional groups attached to an aromatic ring is 1. The molecule has 0 bridgehead atoms. The standard InChI is InChI=1S/C11H17N5/c1-7(6-12)2-5-10-14-8-3-4-9(13)15-11(8)16-10/h3-4,7H,2,5-6,12H2,1H3,(H3,13,14,15,16). The molecule has 0 aliphatic heterocycles. The van der Waals surface area contributed by atoms with Crippen LogP contribution in [0.3, 0.4) is 0 Å². The minimum atomic E-state index is 0.501. The summed E-state index contributed by atoms with van der Waals surface area (Å²) in [7, 11) is 0. The molecule has 0 aliphatic carbocycles. The van der Waals surface area contributed by atoms with Gasteiger partial charge in [0.25, 0.3) is 0 Å². The van der Waals surface area contributed by atoms with Gasteiger partial charge in [-0.15, -0.1) is 0 Å². The van der Waals surface area contributed by atoms with Crippen molar-refractivity contribution >= 4 is 17.0 Å². The van der Waals surface area contributed by atoms with Crippen LogP contribution in [-0.2, 0) is 6.42 Å². The molecule has 5 nitrogen and oxygen atoms in total. The van der Waals surface area contributed by atoms with E-state index in [1.807, 2.05) is 6.07 Å². The summed E-state index contributed by atoms with van der Waals surface area (Å²) in [6.45, 7) is 2.85.